The summed E-state index contributed by atoms with van der Waals surface area (Å²) in [7, 11) is 0. The van der Waals surface area contributed by atoms with Crippen molar-refractivity contribution < 1.29 is 54.9 Å². The average Bonchev–Trinajstić information content (AvgIpc) is 1.66. The molecule has 23 nitrogen and oxygen atoms in total. The number of hydroxylamine groups is 10. The lowest BCUT2D eigenvalue weighted by Gasteiger charge is -2.36. The van der Waals surface area contributed by atoms with Crippen LogP contribution in [0.25, 0.3) is 0 Å². The molecule has 0 radical (unpaired) electrons. The van der Waals surface area contributed by atoms with Gasteiger partial charge in [0.05, 0.1) is 28.3 Å². The second-order valence-electron chi connectivity index (χ2n) is 33.0. The van der Waals surface area contributed by atoms with E-state index >= 15 is 0 Å². The van der Waals surface area contributed by atoms with Crippen LogP contribution in [-0.4, -0.2) is 185 Å². The van der Waals surface area contributed by atoms with Crippen molar-refractivity contribution in [2.45, 2.75) is 268 Å². The molecule has 2 aromatic rings. The smallest absolute Gasteiger partial charge is 0.269 e. The molecule has 0 bridgehead atoms. The largest absolute Gasteiger partial charge is 0.355 e. The summed E-state index contributed by atoms with van der Waals surface area (Å²) in [5, 5.41) is 83.8. The molecule has 5 aliphatic heterocycles. The summed E-state index contributed by atoms with van der Waals surface area (Å²) in [6.45, 7) is 48.1. The minimum absolute atomic E-state index is 0.00245. The average molecular weight is 1930 g/mol. The molecule has 0 aromatic heterocycles. The van der Waals surface area contributed by atoms with Gasteiger partial charge in [-0.2, -0.15) is 25.3 Å². The number of nitro benzene ring substituents is 1. The maximum absolute atomic E-state index is 12.6. The highest BCUT2D eigenvalue weighted by Crippen LogP contribution is 2.47. The van der Waals surface area contributed by atoms with E-state index in [9.17, 15) is 60.1 Å². The molecule has 0 aliphatic carbocycles. The van der Waals surface area contributed by atoms with Crippen molar-refractivity contribution >= 4 is 148 Å². The first-order valence-corrected chi connectivity index (χ1v) is 39.5. The van der Waals surface area contributed by atoms with Crippen molar-refractivity contribution in [2.24, 2.45) is 23.7 Å². The fourth-order valence-electron chi connectivity index (χ4n) is 14.2. The normalized spacial score (nSPS) is 26.3. The van der Waals surface area contributed by atoms with Gasteiger partial charge in [-0.05, 0) is 226 Å². The quantitative estimate of drug-likeness (QED) is 0.0305. The Labute approximate surface area is 646 Å². The van der Waals surface area contributed by atoms with Gasteiger partial charge in [-0.3, -0.25) is 34.1 Å². The first-order chi connectivity index (χ1) is 43.8. The number of halogens is 5. The molecule has 0 spiro atoms. The Morgan fingerprint density at radius 3 is 1.10 bits per heavy atom. The van der Waals surface area contributed by atoms with Gasteiger partial charge in [0.2, 0.25) is 29.5 Å². The Hall–Kier alpha value is -1.56. The van der Waals surface area contributed by atoms with Crippen molar-refractivity contribution in [3.63, 3.8) is 0 Å². The molecule has 7 rings (SSSR count). The number of benzene rings is 2. The molecular formula is C69H116I5N11O12. The van der Waals surface area contributed by atoms with Gasteiger partial charge in [-0.15, -0.1) is 0 Å². The van der Waals surface area contributed by atoms with Crippen LogP contribution < -0.4 is 26.6 Å². The minimum atomic E-state index is -0.578. The maximum atomic E-state index is 12.6. The molecule has 0 saturated carbocycles. The van der Waals surface area contributed by atoms with Gasteiger partial charge in [0, 0.05) is 88.2 Å². The van der Waals surface area contributed by atoms with Gasteiger partial charge in [0.15, 0.2) is 0 Å². The molecular weight excluding hydrogens is 1810 g/mol. The van der Waals surface area contributed by atoms with Crippen LogP contribution in [0.3, 0.4) is 0 Å². The summed E-state index contributed by atoms with van der Waals surface area (Å²) in [6.07, 6.45) is 4.13. The lowest BCUT2D eigenvalue weighted by atomic mass is 9.87. The second-order valence-corrected chi connectivity index (χ2v) is 40.8. The van der Waals surface area contributed by atoms with Crippen LogP contribution in [0.1, 0.15) is 210 Å². The Morgan fingerprint density at radius 2 is 0.804 bits per heavy atom. The summed E-state index contributed by atoms with van der Waals surface area (Å²) in [6, 6.07) is 15.6. The van der Waals surface area contributed by atoms with Crippen molar-refractivity contribution in [3.8, 4) is 0 Å². The van der Waals surface area contributed by atoms with Crippen LogP contribution in [0.5, 0.6) is 0 Å². The van der Waals surface area contributed by atoms with Crippen LogP contribution in [0.2, 0.25) is 0 Å². The monoisotopic (exact) mass is 1930 g/mol. The highest BCUT2D eigenvalue weighted by molar-refractivity contribution is 14.1. The van der Waals surface area contributed by atoms with E-state index in [0.29, 0.717) is 42.6 Å². The molecule has 2 aromatic carbocycles. The third-order valence-corrected chi connectivity index (χ3v) is 24.8. The van der Waals surface area contributed by atoms with Crippen molar-refractivity contribution in [3.05, 3.63) is 75.8 Å². The number of nitrogens with zero attached hydrogens (tertiary/aromatic N) is 6. The van der Waals surface area contributed by atoms with Gasteiger partial charge in [0.1, 0.15) is 7.85 Å². The fraction of sp³-hybridized carbons (Fsp3) is 0.754. The topological polar surface area (TPSA) is 306 Å². The molecule has 10 N–H and O–H groups in total. The summed E-state index contributed by atoms with van der Waals surface area (Å²) >= 11 is 10.5. The number of hydrogen-bond acceptors (Lipinski definition) is 17. The van der Waals surface area contributed by atoms with Crippen LogP contribution in [0.15, 0.2) is 54.6 Å². The van der Waals surface area contributed by atoms with Gasteiger partial charge < -0.3 is 52.6 Å². The summed E-state index contributed by atoms with van der Waals surface area (Å²) < 4.78 is -0.585. The Kier molecular flexibility index (Phi) is 32.0. The summed E-state index contributed by atoms with van der Waals surface area (Å²) in [4.78, 5) is 69.8. The van der Waals surface area contributed by atoms with E-state index in [0.717, 1.165) is 31.2 Å². The predicted molar refractivity (Wildman–Crippen MR) is 423 cm³/mol. The summed E-state index contributed by atoms with van der Waals surface area (Å²) in [5.41, 5.74) is -1.48. The van der Waals surface area contributed by atoms with Gasteiger partial charge >= 0.3 is 0 Å². The maximum Gasteiger partial charge on any atom is 0.269 e. The summed E-state index contributed by atoms with van der Waals surface area (Å²) in [5.74, 6) is 1.04. The SMILES string of the molecule is CC(C)(I)C(=O)NCC1CC(C)(C)N(O)C1(C)C.CC(I)C(=O)NCC1CC(C)(C)N(O)C1(C)C.CC1(C)CC(CNC(=O)C(I)c2ccccc2)C(C)(C)N1O.CC1(C)CC(CNC(=O)CI)C(C)(C)N1O.CC1(C)CC(NC(=O)C(I)c2ccc([N+](=O)[O-])cc2)C(C)(C)N1O. The zero-order chi connectivity index (χ0) is 75.2. The van der Waals surface area contributed by atoms with E-state index < -0.39 is 23.3 Å². The van der Waals surface area contributed by atoms with Crippen LogP contribution in [0.4, 0.5) is 5.69 Å². The van der Waals surface area contributed by atoms with Crippen molar-refractivity contribution in [1.82, 2.24) is 51.9 Å². The predicted octanol–water partition coefficient (Wildman–Crippen LogP) is 13.3. The van der Waals surface area contributed by atoms with Crippen LogP contribution >= 0.6 is 113 Å². The van der Waals surface area contributed by atoms with Gasteiger partial charge in [0.25, 0.3) is 5.69 Å². The molecule has 5 heterocycles. The molecule has 5 aliphatic rings. The molecule has 8 unspecified atom stereocenters. The number of nitro groups is 1. The number of non-ortho nitro benzene ring substituents is 1. The first-order valence-electron chi connectivity index (χ1n) is 33.2. The standard InChI is InChI=1S/C17H25IN2O2.C16H22IN3O4.C13H25IN2O2.C12H23IN2O2.C11H21IN2O2/c1-16(2)10-13(17(3,4)20(16)22)11-19-15(21)14(18)12-8-6-5-7-9-12;1-15(2)9-12(16(3,4)20(15)24)18-14(21)13(17)10-5-7-11(8-6-10)19(22)23;1-11(2)7-9(13(5,6)16(11)18)8-15-10(17)12(3,4)14;1-8(13)10(16)14-7-9-6-11(2,3)15(17)12(9,4)5;1-10(2)5-8(7-13-9(15)6-12)11(3,4)14(10)16/h5-9,13-14,22H,10-11H2,1-4H3,(H,19,21);5-8,12-13,24H,9H2,1-4H3,(H,18,21);9,18H,7-8H2,1-6H3,(H,15,17);8-9,17H,6-7H2,1-5H3,(H,14,16);8,16H,5-7H2,1-4H3,(H,13,15). The Balaban J connectivity index is 0.000000319. The van der Waals surface area contributed by atoms with Gasteiger partial charge in [-0.25, -0.2) is 0 Å². The molecule has 28 heteroatoms. The molecule has 5 amide bonds. The minimum Gasteiger partial charge on any atom is -0.355 e. The highest BCUT2D eigenvalue weighted by atomic mass is 127. The number of rotatable bonds is 17. The number of nitrogens with one attached hydrogen (secondary N) is 5. The zero-order valence-electron chi connectivity index (χ0n) is 61.6. The molecule has 5 fully saturated rings. The van der Waals surface area contributed by atoms with Crippen molar-refractivity contribution in [1.29, 1.82) is 0 Å². The zero-order valence-corrected chi connectivity index (χ0v) is 72.3. The van der Waals surface area contributed by atoms with E-state index in [4.69, 9.17) is 0 Å². The molecule has 554 valence electrons. The number of alkyl halides is 5. The number of carbonyl (C=O) groups excluding carboxylic acids is 5. The fourth-order valence-corrected chi connectivity index (χ4v) is 16.1. The Bertz CT molecular complexity index is 2980. The number of hydrogen-bond donors (Lipinski definition) is 10. The third-order valence-electron chi connectivity index (χ3n) is 20.5. The van der Waals surface area contributed by atoms with E-state index in [-0.39, 0.29) is 117 Å². The number of amides is 5. The second kappa shape index (κ2) is 34.6. The van der Waals surface area contributed by atoms with Gasteiger partial charge in [-0.1, -0.05) is 155 Å². The van der Waals surface area contributed by atoms with E-state index in [1.807, 2.05) is 235 Å². The lowest BCUT2D eigenvalue weighted by Crippen LogP contribution is -2.53. The Morgan fingerprint density at radius 1 is 0.495 bits per heavy atom. The van der Waals surface area contributed by atoms with E-state index in [1.165, 1.54) is 37.4 Å². The van der Waals surface area contributed by atoms with Crippen LogP contribution in [-0.2, 0) is 24.0 Å². The molecule has 8 atom stereocenters. The third kappa shape index (κ3) is 23.0. The highest BCUT2D eigenvalue weighted by Gasteiger charge is 2.56. The number of carbonyl (C=O) groups is 5. The molecule has 97 heavy (non-hydrogen) atoms. The lowest BCUT2D eigenvalue weighted by molar-refractivity contribution is -0.384. The van der Waals surface area contributed by atoms with E-state index in [1.54, 1.807) is 12.1 Å². The first kappa shape index (κ1) is 89.7. The van der Waals surface area contributed by atoms with E-state index in [2.05, 4.69) is 94.4 Å². The molecule has 5 saturated heterocycles. The van der Waals surface area contributed by atoms with Crippen LogP contribution in [0, 0.1) is 33.8 Å². The van der Waals surface area contributed by atoms with Crippen molar-refractivity contribution in [2.75, 3.05) is 30.6 Å².